The van der Waals surface area contributed by atoms with Gasteiger partial charge >= 0.3 is 6.01 Å². The number of nitrogens with one attached hydrogen (secondary N) is 2. The van der Waals surface area contributed by atoms with Crippen LogP contribution in [0.1, 0.15) is 49.5 Å². The number of rotatable bonds is 7. The molecule has 188 valence electrons. The van der Waals surface area contributed by atoms with Crippen molar-refractivity contribution >= 4 is 36.1 Å². The summed E-state index contributed by atoms with van der Waals surface area (Å²) < 4.78 is 5.69. The second kappa shape index (κ2) is 11.3. The van der Waals surface area contributed by atoms with Crippen molar-refractivity contribution in [3.8, 4) is 17.3 Å². The Morgan fingerprint density at radius 2 is 1.81 bits per heavy atom. The highest BCUT2D eigenvalue weighted by molar-refractivity contribution is 7.59. The van der Waals surface area contributed by atoms with Crippen LogP contribution in [0.5, 0.6) is 6.01 Å². The van der Waals surface area contributed by atoms with Crippen LogP contribution in [0.4, 0.5) is 5.82 Å². The zero-order chi connectivity index (χ0) is 25.0. The maximum Gasteiger partial charge on any atom is 0.316 e. The molecule has 3 aromatic heterocycles. The smallest absolute Gasteiger partial charge is 0.316 e. The molecule has 36 heavy (non-hydrogen) atoms. The van der Waals surface area contributed by atoms with Gasteiger partial charge in [-0.2, -0.15) is 13.5 Å². The van der Waals surface area contributed by atoms with E-state index in [0.29, 0.717) is 29.6 Å². The number of ether oxygens (including phenoxy) is 1. The molecule has 2 N–H and O–H groups in total. The van der Waals surface area contributed by atoms with Crippen LogP contribution in [0, 0.1) is 0 Å². The summed E-state index contributed by atoms with van der Waals surface area (Å²) in [5.74, 6) is 0.675. The van der Waals surface area contributed by atoms with Gasteiger partial charge in [-0.15, -0.1) is 0 Å². The highest BCUT2D eigenvalue weighted by atomic mass is 32.1. The number of pyridine rings is 1. The molecule has 0 aliphatic carbocycles. The Balaban J connectivity index is 0.00000361. The Labute approximate surface area is 217 Å². The van der Waals surface area contributed by atoms with E-state index in [1.165, 1.54) is 6.33 Å². The van der Waals surface area contributed by atoms with Gasteiger partial charge in [-0.25, -0.2) is 19.9 Å². The van der Waals surface area contributed by atoms with E-state index < -0.39 is 0 Å². The molecule has 9 nitrogen and oxygen atoms in total. The number of benzene rings is 1. The first-order chi connectivity index (χ1) is 16.7. The molecule has 0 bridgehead atoms. The average Bonchev–Trinajstić information content (AvgIpc) is 2.85. The molecule has 4 aromatic rings. The molecule has 0 spiro atoms. The Bertz CT molecular complexity index is 1340. The standard InChI is InChI=1S/C26H29N7O2.H2S/c1-16(18-7-6-8-19-20(24(34)27-5)9-10-28-23(18)19)12-29-22-11-21(32-15-33-22)17-13-30-25(31-14-17)35-26(2,3)4;/h6-11,13-16H,12H2,1-5H3,(H,27,34)(H,29,32,33);1H2/t16-;/m1./s1. The fourth-order valence-corrected chi connectivity index (χ4v) is 3.68. The molecular formula is C26H31N7O2S. The largest absolute Gasteiger partial charge is 0.458 e. The summed E-state index contributed by atoms with van der Waals surface area (Å²) in [6.07, 6.45) is 6.56. The molecule has 4 rings (SSSR count). The third-order valence-electron chi connectivity index (χ3n) is 5.38. The Morgan fingerprint density at radius 3 is 2.50 bits per heavy atom. The van der Waals surface area contributed by atoms with E-state index in [1.54, 1.807) is 31.7 Å². The molecule has 0 saturated heterocycles. The van der Waals surface area contributed by atoms with Crippen molar-refractivity contribution < 1.29 is 9.53 Å². The molecule has 0 aliphatic rings. The lowest BCUT2D eigenvalue weighted by atomic mass is 9.96. The van der Waals surface area contributed by atoms with Crippen molar-refractivity contribution in [2.75, 3.05) is 18.9 Å². The number of hydrogen-bond acceptors (Lipinski definition) is 8. The maximum atomic E-state index is 12.3. The van der Waals surface area contributed by atoms with Crippen LogP contribution in [-0.2, 0) is 0 Å². The topological polar surface area (TPSA) is 115 Å². The average molecular weight is 506 g/mol. The maximum absolute atomic E-state index is 12.3. The fraction of sp³-hybridized carbons (Fsp3) is 0.308. The molecule has 0 radical (unpaired) electrons. The SMILES string of the molecule is CNC(=O)c1ccnc2c([C@H](C)CNc3cc(-c4cnc(OC(C)(C)C)nc4)ncn3)cccc12.S. The number of nitrogens with zero attached hydrogens (tertiary/aromatic N) is 5. The zero-order valence-electron chi connectivity index (χ0n) is 21.0. The summed E-state index contributed by atoms with van der Waals surface area (Å²) in [6, 6.07) is 9.85. The van der Waals surface area contributed by atoms with Gasteiger partial charge in [-0.05, 0) is 32.4 Å². The van der Waals surface area contributed by atoms with Gasteiger partial charge in [0.15, 0.2) is 0 Å². The predicted molar refractivity (Wildman–Crippen MR) is 146 cm³/mol. The monoisotopic (exact) mass is 505 g/mol. The summed E-state index contributed by atoms with van der Waals surface area (Å²) in [5, 5.41) is 6.91. The number of para-hydroxylation sites is 1. The molecular weight excluding hydrogens is 474 g/mol. The van der Waals surface area contributed by atoms with Crippen LogP contribution >= 0.6 is 13.5 Å². The lowest BCUT2D eigenvalue weighted by Gasteiger charge is -2.19. The second-order valence-corrected chi connectivity index (χ2v) is 9.22. The van der Waals surface area contributed by atoms with Gasteiger partial charge in [-0.3, -0.25) is 9.78 Å². The summed E-state index contributed by atoms with van der Waals surface area (Å²) in [4.78, 5) is 34.1. The molecule has 0 fully saturated rings. The van der Waals surface area contributed by atoms with Crippen LogP contribution in [-0.4, -0.2) is 50.0 Å². The van der Waals surface area contributed by atoms with Crippen molar-refractivity contribution in [2.24, 2.45) is 0 Å². The van der Waals surface area contributed by atoms with E-state index in [-0.39, 0.29) is 30.9 Å². The summed E-state index contributed by atoms with van der Waals surface area (Å²) in [6.45, 7) is 8.57. The van der Waals surface area contributed by atoms with Gasteiger partial charge in [0.05, 0.1) is 16.8 Å². The number of anilines is 1. The van der Waals surface area contributed by atoms with Gasteiger partial charge in [0.25, 0.3) is 5.91 Å². The first-order valence-electron chi connectivity index (χ1n) is 11.4. The summed E-state index contributed by atoms with van der Waals surface area (Å²) >= 11 is 0. The van der Waals surface area contributed by atoms with Crippen molar-refractivity contribution in [1.29, 1.82) is 0 Å². The highest BCUT2D eigenvalue weighted by Gasteiger charge is 2.16. The molecule has 1 atom stereocenters. The minimum absolute atomic E-state index is 0. The highest BCUT2D eigenvalue weighted by Crippen LogP contribution is 2.27. The molecule has 10 heteroatoms. The third kappa shape index (κ3) is 6.25. The third-order valence-corrected chi connectivity index (χ3v) is 5.38. The van der Waals surface area contributed by atoms with Gasteiger partial charge in [-0.1, -0.05) is 25.1 Å². The Hall–Kier alpha value is -3.79. The van der Waals surface area contributed by atoms with Crippen LogP contribution in [0.25, 0.3) is 22.2 Å². The lowest BCUT2D eigenvalue weighted by Crippen LogP contribution is -2.24. The van der Waals surface area contributed by atoms with Gasteiger partial charge in [0.2, 0.25) is 0 Å². The minimum Gasteiger partial charge on any atom is -0.458 e. The summed E-state index contributed by atoms with van der Waals surface area (Å²) in [5.41, 5.74) is 3.59. The number of aromatic nitrogens is 5. The predicted octanol–water partition coefficient (Wildman–Crippen LogP) is 4.35. The Kier molecular flexibility index (Phi) is 8.41. The van der Waals surface area contributed by atoms with E-state index in [1.807, 2.05) is 45.0 Å². The number of carbonyl (C=O) groups is 1. The molecule has 1 amide bonds. The number of fused-ring (bicyclic) bond motifs is 1. The quantitative estimate of drug-likeness (QED) is 0.381. The van der Waals surface area contributed by atoms with Gasteiger partial charge in [0.1, 0.15) is 17.7 Å². The molecule has 0 unspecified atom stereocenters. The normalized spacial score (nSPS) is 11.9. The number of carbonyl (C=O) groups excluding carboxylic acids is 1. The van der Waals surface area contributed by atoms with E-state index in [2.05, 4.69) is 42.5 Å². The van der Waals surface area contributed by atoms with Crippen LogP contribution in [0.2, 0.25) is 0 Å². The second-order valence-electron chi connectivity index (χ2n) is 9.22. The fourth-order valence-electron chi connectivity index (χ4n) is 3.68. The van der Waals surface area contributed by atoms with Crippen molar-refractivity contribution in [3.05, 3.63) is 66.4 Å². The van der Waals surface area contributed by atoms with Crippen molar-refractivity contribution in [1.82, 2.24) is 30.2 Å². The number of hydrogen-bond donors (Lipinski definition) is 2. The van der Waals surface area contributed by atoms with E-state index >= 15 is 0 Å². The lowest BCUT2D eigenvalue weighted by molar-refractivity contribution is 0.0964. The van der Waals surface area contributed by atoms with Crippen LogP contribution < -0.4 is 15.4 Å². The van der Waals surface area contributed by atoms with Crippen LogP contribution in [0.3, 0.4) is 0 Å². The first kappa shape index (κ1) is 26.8. The van der Waals surface area contributed by atoms with Crippen molar-refractivity contribution in [3.63, 3.8) is 0 Å². The molecule has 3 heterocycles. The van der Waals surface area contributed by atoms with Crippen molar-refractivity contribution in [2.45, 2.75) is 39.2 Å². The first-order valence-corrected chi connectivity index (χ1v) is 11.4. The Morgan fingerprint density at radius 1 is 1.06 bits per heavy atom. The van der Waals surface area contributed by atoms with Gasteiger partial charge < -0.3 is 15.4 Å². The van der Waals surface area contributed by atoms with E-state index in [0.717, 1.165) is 22.0 Å². The van der Waals surface area contributed by atoms with E-state index in [9.17, 15) is 4.79 Å². The number of amides is 1. The van der Waals surface area contributed by atoms with Gasteiger partial charge in [0, 0.05) is 55.1 Å². The minimum atomic E-state index is -0.367. The molecule has 0 aliphatic heterocycles. The molecule has 1 aromatic carbocycles. The molecule has 0 saturated carbocycles. The zero-order valence-corrected chi connectivity index (χ0v) is 22.0. The van der Waals surface area contributed by atoms with Crippen LogP contribution in [0.15, 0.2) is 55.2 Å². The van der Waals surface area contributed by atoms with E-state index in [4.69, 9.17) is 4.74 Å². The summed E-state index contributed by atoms with van der Waals surface area (Å²) in [7, 11) is 1.63.